The number of piperidine rings is 2. The molecule has 0 bridgehead atoms. The summed E-state index contributed by atoms with van der Waals surface area (Å²) in [6, 6.07) is 4.06. The third kappa shape index (κ3) is 3.08. The molecule has 1 N–H and O–H groups in total. The molecule has 0 radical (unpaired) electrons. The van der Waals surface area contributed by atoms with Gasteiger partial charge in [0.25, 0.3) is 0 Å². The van der Waals surface area contributed by atoms with Crippen molar-refractivity contribution >= 4 is 29.1 Å². The highest BCUT2D eigenvalue weighted by atomic mass is 35.5. The van der Waals surface area contributed by atoms with Gasteiger partial charge in [-0.15, -0.1) is 0 Å². The van der Waals surface area contributed by atoms with Gasteiger partial charge in [-0.25, -0.2) is 4.98 Å². The molecule has 20 heavy (non-hydrogen) atoms. The molecule has 3 rings (SSSR count). The van der Waals surface area contributed by atoms with E-state index in [1.165, 1.54) is 0 Å². The van der Waals surface area contributed by atoms with Gasteiger partial charge in [-0.3, -0.25) is 9.69 Å². The van der Waals surface area contributed by atoms with Crippen molar-refractivity contribution in [2.75, 3.05) is 13.1 Å². The van der Waals surface area contributed by atoms with E-state index in [1.807, 2.05) is 6.07 Å². The molecule has 0 aliphatic carbocycles. The average molecular weight is 314 g/mol. The molecule has 0 saturated carbocycles. The third-order valence-electron chi connectivity index (χ3n) is 4.19. The molecule has 4 nitrogen and oxygen atoms in total. The van der Waals surface area contributed by atoms with Gasteiger partial charge in [0.2, 0.25) is 5.91 Å². The van der Waals surface area contributed by atoms with Gasteiger partial charge in [0, 0.05) is 37.7 Å². The summed E-state index contributed by atoms with van der Waals surface area (Å²) >= 11 is 11.9. The molecule has 108 valence electrons. The van der Waals surface area contributed by atoms with Crippen molar-refractivity contribution in [1.82, 2.24) is 15.2 Å². The van der Waals surface area contributed by atoms with Crippen molar-refractivity contribution in [3.63, 3.8) is 0 Å². The number of nitrogens with zero attached hydrogens (tertiary/aromatic N) is 2. The van der Waals surface area contributed by atoms with Gasteiger partial charge in [0.1, 0.15) is 10.3 Å². The Bertz CT molecular complexity index is 523. The number of likely N-dealkylation sites (tertiary alicyclic amines) is 1. The van der Waals surface area contributed by atoms with E-state index in [2.05, 4.69) is 15.2 Å². The summed E-state index contributed by atoms with van der Waals surface area (Å²) < 4.78 is 0. The average Bonchev–Trinajstić information content (AvgIpc) is 2.42. The van der Waals surface area contributed by atoms with Crippen molar-refractivity contribution in [3.05, 3.63) is 28.0 Å². The monoisotopic (exact) mass is 313 g/mol. The zero-order valence-corrected chi connectivity index (χ0v) is 12.6. The van der Waals surface area contributed by atoms with E-state index in [4.69, 9.17) is 23.2 Å². The summed E-state index contributed by atoms with van der Waals surface area (Å²) in [6.45, 7) is 2.77. The normalized spacial score (nSPS) is 27.0. The molecule has 6 heteroatoms. The Morgan fingerprint density at radius 2 is 2.20 bits per heavy atom. The van der Waals surface area contributed by atoms with Crippen LogP contribution < -0.4 is 5.32 Å². The maximum atomic E-state index is 11.4. The first kappa shape index (κ1) is 14.1. The number of carbonyl (C=O) groups is 1. The molecule has 3 heterocycles. The van der Waals surface area contributed by atoms with Gasteiger partial charge >= 0.3 is 0 Å². The number of hydrogen-bond acceptors (Lipinski definition) is 3. The lowest BCUT2D eigenvalue weighted by Crippen LogP contribution is -2.53. The number of halogens is 2. The summed E-state index contributed by atoms with van der Waals surface area (Å²) in [5, 5.41) is 4.01. The van der Waals surface area contributed by atoms with Gasteiger partial charge in [-0.2, -0.15) is 0 Å². The molecule has 0 aromatic carbocycles. The van der Waals surface area contributed by atoms with Crippen LogP contribution in [0, 0.1) is 5.92 Å². The first-order valence-corrected chi connectivity index (χ1v) is 7.70. The third-order valence-corrected chi connectivity index (χ3v) is 4.73. The molecule has 2 atom stereocenters. The second-order valence-electron chi connectivity index (χ2n) is 5.58. The number of rotatable bonds is 2. The predicted molar refractivity (Wildman–Crippen MR) is 78.8 cm³/mol. The maximum absolute atomic E-state index is 11.4. The molecule has 0 spiro atoms. The number of nitrogens with one attached hydrogen (secondary N) is 1. The quantitative estimate of drug-likeness (QED) is 0.853. The van der Waals surface area contributed by atoms with Crippen molar-refractivity contribution in [2.24, 2.45) is 5.92 Å². The molecule has 2 saturated heterocycles. The topological polar surface area (TPSA) is 45.2 Å². The van der Waals surface area contributed by atoms with E-state index in [0.29, 0.717) is 28.7 Å². The standard InChI is InChI=1S/C14H17Cl2N3O/c15-12-3-1-10(14(16)18-12)8-19-6-5-11-9(7-19)2-4-13(20)17-11/h1,3,9,11H,2,4-8H2,(H,17,20). The number of amides is 1. The largest absolute Gasteiger partial charge is 0.353 e. The fraction of sp³-hybridized carbons (Fsp3) is 0.571. The second kappa shape index (κ2) is 5.88. The summed E-state index contributed by atoms with van der Waals surface area (Å²) in [5.74, 6) is 0.755. The summed E-state index contributed by atoms with van der Waals surface area (Å²) in [6.07, 6.45) is 2.65. The molecule has 1 aromatic heterocycles. The Morgan fingerprint density at radius 3 is 3.00 bits per heavy atom. The van der Waals surface area contributed by atoms with Crippen LogP contribution in [-0.2, 0) is 11.3 Å². The second-order valence-corrected chi connectivity index (χ2v) is 6.33. The van der Waals surface area contributed by atoms with Crippen LogP contribution in [0.4, 0.5) is 0 Å². The molecule has 1 aromatic rings. The van der Waals surface area contributed by atoms with Gasteiger partial charge in [-0.1, -0.05) is 29.3 Å². The Labute approximate surface area is 128 Å². The lowest BCUT2D eigenvalue weighted by Gasteiger charge is -2.41. The smallest absolute Gasteiger partial charge is 0.220 e. The number of carbonyl (C=O) groups excluding carboxylic acids is 1. The van der Waals surface area contributed by atoms with Crippen LogP contribution in [0.3, 0.4) is 0 Å². The van der Waals surface area contributed by atoms with Crippen LogP contribution in [0.2, 0.25) is 10.3 Å². The SMILES string of the molecule is O=C1CCC2CN(Cc3ccc(Cl)nc3Cl)CCC2N1. The van der Waals surface area contributed by atoms with Crippen molar-refractivity contribution in [2.45, 2.75) is 31.8 Å². The lowest BCUT2D eigenvalue weighted by atomic mass is 9.85. The Kier molecular flexibility index (Phi) is 4.15. The minimum Gasteiger partial charge on any atom is -0.353 e. The maximum Gasteiger partial charge on any atom is 0.220 e. The predicted octanol–water partition coefficient (Wildman–Crippen LogP) is 2.49. The molecule has 2 aliphatic rings. The number of hydrogen-bond donors (Lipinski definition) is 1. The minimum atomic E-state index is 0.199. The molecule has 1 amide bonds. The first-order chi connectivity index (χ1) is 9.61. The molecule has 2 aliphatic heterocycles. The Hall–Kier alpha value is -0.840. The van der Waals surface area contributed by atoms with E-state index in [0.717, 1.165) is 38.0 Å². The Morgan fingerprint density at radius 1 is 1.35 bits per heavy atom. The first-order valence-electron chi connectivity index (χ1n) is 6.94. The van der Waals surface area contributed by atoms with E-state index in [9.17, 15) is 4.79 Å². The van der Waals surface area contributed by atoms with Crippen LogP contribution in [0.5, 0.6) is 0 Å². The fourth-order valence-corrected chi connectivity index (χ4v) is 3.53. The Balaban J connectivity index is 1.63. The number of aromatic nitrogens is 1. The van der Waals surface area contributed by atoms with Crippen LogP contribution >= 0.6 is 23.2 Å². The van der Waals surface area contributed by atoms with Gasteiger partial charge in [-0.05, 0) is 24.8 Å². The summed E-state index contributed by atoms with van der Waals surface area (Å²) in [4.78, 5) is 17.9. The number of pyridine rings is 1. The molecule has 2 unspecified atom stereocenters. The molecule has 2 fully saturated rings. The van der Waals surface area contributed by atoms with Crippen LogP contribution in [0.25, 0.3) is 0 Å². The van der Waals surface area contributed by atoms with Crippen LogP contribution in [0.1, 0.15) is 24.8 Å². The summed E-state index contributed by atoms with van der Waals surface area (Å²) in [7, 11) is 0. The lowest BCUT2D eigenvalue weighted by molar-refractivity contribution is -0.125. The minimum absolute atomic E-state index is 0.199. The molecular formula is C14H17Cl2N3O. The van der Waals surface area contributed by atoms with Gasteiger partial charge < -0.3 is 5.32 Å². The zero-order chi connectivity index (χ0) is 14.1. The molecular weight excluding hydrogens is 297 g/mol. The van der Waals surface area contributed by atoms with Crippen molar-refractivity contribution in [1.29, 1.82) is 0 Å². The van der Waals surface area contributed by atoms with Crippen molar-refractivity contribution in [3.8, 4) is 0 Å². The highest BCUT2D eigenvalue weighted by Gasteiger charge is 2.33. The van der Waals surface area contributed by atoms with E-state index < -0.39 is 0 Å². The van der Waals surface area contributed by atoms with E-state index in [1.54, 1.807) is 6.07 Å². The van der Waals surface area contributed by atoms with Crippen LogP contribution in [0.15, 0.2) is 12.1 Å². The van der Waals surface area contributed by atoms with Gasteiger partial charge in [0.15, 0.2) is 0 Å². The van der Waals surface area contributed by atoms with E-state index >= 15 is 0 Å². The fourth-order valence-electron chi connectivity index (χ4n) is 3.13. The highest BCUT2D eigenvalue weighted by Crippen LogP contribution is 2.27. The van der Waals surface area contributed by atoms with E-state index in [-0.39, 0.29) is 5.91 Å². The van der Waals surface area contributed by atoms with Crippen molar-refractivity contribution < 1.29 is 4.79 Å². The number of fused-ring (bicyclic) bond motifs is 1. The summed E-state index contributed by atoms with van der Waals surface area (Å²) in [5.41, 5.74) is 1.01. The van der Waals surface area contributed by atoms with Crippen LogP contribution in [-0.4, -0.2) is 34.9 Å². The highest BCUT2D eigenvalue weighted by molar-refractivity contribution is 6.32. The van der Waals surface area contributed by atoms with Gasteiger partial charge in [0.05, 0.1) is 0 Å². The zero-order valence-electron chi connectivity index (χ0n) is 11.1.